The maximum absolute atomic E-state index is 11.8. The Morgan fingerprint density at radius 3 is 2.60 bits per heavy atom. The minimum absolute atomic E-state index is 0.0388. The van der Waals surface area contributed by atoms with Crippen molar-refractivity contribution >= 4 is 33.3 Å². The summed E-state index contributed by atoms with van der Waals surface area (Å²) in [6.45, 7) is 0. The van der Waals surface area contributed by atoms with Gasteiger partial charge in [0.1, 0.15) is 26.7 Å². The fourth-order valence-corrected chi connectivity index (χ4v) is 2.18. The second-order valence-corrected chi connectivity index (χ2v) is 6.78. The van der Waals surface area contributed by atoms with Gasteiger partial charge in [0.15, 0.2) is 0 Å². The Kier molecular flexibility index (Phi) is 5.46. The number of nitrogens with zero attached hydrogens (tertiary/aromatic N) is 1. The number of carbonyl (C=O) groups is 2. The van der Waals surface area contributed by atoms with Crippen molar-refractivity contribution in [3.05, 3.63) is 29.0 Å². The molecule has 0 aliphatic rings. The molecule has 1 rings (SSSR count). The number of nitrogens with one attached hydrogen (secondary N) is 1. The van der Waals surface area contributed by atoms with Gasteiger partial charge in [-0.15, -0.1) is 0 Å². The van der Waals surface area contributed by atoms with E-state index in [0.29, 0.717) is 0 Å². The van der Waals surface area contributed by atoms with Crippen LogP contribution in [0.3, 0.4) is 0 Å². The van der Waals surface area contributed by atoms with E-state index in [1.54, 1.807) is 0 Å². The van der Waals surface area contributed by atoms with Crippen LogP contribution < -0.4 is 5.32 Å². The van der Waals surface area contributed by atoms with Crippen LogP contribution in [0.1, 0.15) is 16.9 Å². The monoisotopic (exact) mass is 320 g/mol. The Hall–Kier alpha value is -1.67. The lowest BCUT2D eigenvalue weighted by atomic mass is 10.2. The van der Waals surface area contributed by atoms with Crippen molar-refractivity contribution in [2.45, 2.75) is 12.5 Å². The molecule has 0 bridgehead atoms. The van der Waals surface area contributed by atoms with E-state index in [-0.39, 0.29) is 23.0 Å². The van der Waals surface area contributed by atoms with Gasteiger partial charge in [0, 0.05) is 6.26 Å². The third-order valence-electron chi connectivity index (χ3n) is 2.33. The van der Waals surface area contributed by atoms with E-state index >= 15 is 0 Å². The predicted molar refractivity (Wildman–Crippen MR) is 72.5 cm³/mol. The molecule has 9 heteroatoms. The maximum atomic E-state index is 11.8. The summed E-state index contributed by atoms with van der Waals surface area (Å²) in [5.74, 6) is -2.38. The van der Waals surface area contributed by atoms with Crippen molar-refractivity contribution in [3.8, 4) is 0 Å². The van der Waals surface area contributed by atoms with E-state index in [9.17, 15) is 18.0 Å². The molecule has 0 saturated carbocycles. The molecule has 0 saturated heterocycles. The first-order valence-electron chi connectivity index (χ1n) is 5.53. The van der Waals surface area contributed by atoms with Crippen LogP contribution in [0.4, 0.5) is 0 Å². The van der Waals surface area contributed by atoms with Crippen molar-refractivity contribution in [1.82, 2.24) is 10.3 Å². The minimum Gasteiger partial charge on any atom is -0.480 e. The van der Waals surface area contributed by atoms with Crippen LogP contribution in [-0.4, -0.2) is 48.4 Å². The quantitative estimate of drug-likeness (QED) is 0.731. The third-order valence-corrected chi connectivity index (χ3v) is 3.52. The Morgan fingerprint density at radius 2 is 2.10 bits per heavy atom. The van der Waals surface area contributed by atoms with E-state index in [1.807, 2.05) is 0 Å². The Labute approximate surface area is 120 Å². The number of carboxylic acids is 1. The lowest BCUT2D eigenvalue weighted by molar-refractivity contribution is -0.139. The number of halogens is 1. The molecule has 0 spiro atoms. The molecule has 0 aromatic carbocycles. The molecule has 0 aliphatic heterocycles. The summed E-state index contributed by atoms with van der Waals surface area (Å²) in [5, 5.41) is 11.3. The van der Waals surface area contributed by atoms with Crippen LogP contribution in [-0.2, 0) is 14.6 Å². The second kappa shape index (κ2) is 6.67. The van der Waals surface area contributed by atoms with E-state index < -0.39 is 27.8 Å². The van der Waals surface area contributed by atoms with Gasteiger partial charge >= 0.3 is 5.97 Å². The van der Waals surface area contributed by atoms with Crippen LogP contribution in [0.5, 0.6) is 0 Å². The fourth-order valence-electron chi connectivity index (χ4n) is 1.36. The highest BCUT2D eigenvalue weighted by atomic mass is 35.5. The molecule has 110 valence electrons. The normalized spacial score (nSPS) is 12.7. The lowest BCUT2D eigenvalue weighted by Crippen LogP contribution is -2.42. The molecule has 1 aromatic rings. The average molecular weight is 321 g/mol. The van der Waals surface area contributed by atoms with Gasteiger partial charge in [-0.05, 0) is 18.6 Å². The lowest BCUT2D eigenvalue weighted by Gasteiger charge is -2.13. The topological polar surface area (TPSA) is 113 Å². The van der Waals surface area contributed by atoms with Gasteiger partial charge in [0.2, 0.25) is 0 Å². The first-order chi connectivity index (χ1) is 9.19. The molecule has 1 aromatic heterocycles. The molecule has 1 amide bonds. The van der Waals surface area contributed by atoms with Gasteiger partial charge < -0.3 is 10.4 Å². The van der Waals surface area contributed by atoms with Crippen LogP contribution in [0.2, 0.25) is 5.15 Å². The Balaban J connectivity index is 2.75. The van der Waals surface area contributed by atoms with Gasteiger partial charge in [0.05, 0.1) is 5.75 Å². The van der Waals surface area contributed by atoms with Gasteiger partial charge in [-0.3, -0.25) is 4.79 Å². The molecule has 1 atom stereocenters. The van der Waals surface area contributed by atoms with Crippen molar-refractivity contribution in [2.75, 3.05) is 12.0 Å². The number of hydrogen-bond donors (Lipinski definition) is 2. The molecular formula is C11H13ClN2O5S. The van der Waals surface area contributed by atoms with Gasteiger partial charge in [-0.25, -0.2) is 18.2 Å². The Bertz CT molecular complexity index is 617. The van der Waals surface area contributed by atoms with E-state index in [4.69, 9.17) is 16.7 Å². The largest absolute Gasteiger partial charge is 0.480 e. The summed E-state index contributed by atoms with van der Waals surface area (Å²) in [6.07, 6.45) is 0.771. The van der Waals surface area contributed by atoms with Crippen LogP contribution in [0.15, 0.2) is 18.2 Å². The fraction of sp³-hybridized carbons (Fsp3) is 0.364. The number of carbonyl (C=O) groups excluding carboxylic acids is 1. The van der Waals surface area contributed by atoms with Crippen molar-refractivity contribution in [1.29, 1.82) is 0 Å². The summed E-state index contributed by atoms with van der Waals surface area (Å²) in [7, 11) is -3.31. The third kappa shape index (κ3) is 5.54. The zero-order chi connectivity index (χ0) is 15.3. The molecule has 1 heterocycles. The highest BCUT2D eigenvalue weighted by Gasteiger charge is 2.22. The Morgan fingerprint density at radius 1 is 1.45 bits per heavy atom. The van der Waals surface area contributed by atoms with Crippen LogP contribution >= 0.6 is 11.6 Å². The van der Waals surface area contributed by atoms with Crippen molar-refractivity contribution in [2.24, 2.45) is 0 Å². The first kappa shape index (κ1) is 16.4. The van der Waals surface area contributed by atoms with Crippen LogP contribution in [0.25, 0.3) is 0 Å². The maximum Gasteiger partial charge on any atom is 0.326 e. The molecule has 2 N–H and O–H groups in total. The first-order valence-corrected chi connectivity index (χ1v) is 7.97. The number of aliphatic carboxylic acids is 1. The second-order valence-electron chi connectivity index (χ2n) is 4.13. The summed E-state index contributed by atoms with van der Waals surface area (Å²) < 4.78 is 22.0. The molecule has 0 fully saturated rings. The average Bonchev–Trinajstić information content (AvgIpc) is 2.32. The van der Waals surface area contributed by atoms with Crippen molar-refractivity contribution in [3.63, 3.8) is 0 Å². The number of sulfone groups is 1. The van der Waals surface area contributed by atoms with Crippen LogP contribution in [0, 0.1) is 0 Å². The zero-order valence-corrected chi connectivity index (χ0v) is 12.1. The van der Waals surface area contributed by atoms with E-state index in [1.165, 1.54) is 18.2 Å². The van der Waals surface area contributed by atoms with Gasteiger partial charge in [0.25, 0.3) is 5.91 Å². The number of aromatic nitrogens is 1. The zero-order valence-electron chi connectivity index (χ0n) is 10.5. The molecule has 1 unspecified atom stereocenters. The standard InChI is InChI=1S/C11H13ClN2O5S/c1-20(18,19)6-5-8(11(16)17)14-10(15)7-3-2-4-9(12)13-7/h2-4,8H,5-6H2,1H3,(H,14,15)(H,16,17). The van der Waals surface area contributed by atoms with E-state index in [0.717, 1.165) is 6.26 Å². The predicted octanol–water partition coefficient (Wildman–Crippen LogP) is 0.353. The van der Waals surface area contributed by atoms with Gasteiger partial charge in [-0.2, -0.15) is 0 Å². The summed E-state index contributed by atoms with van der Waals surface area (Å²) in [4.78, 5) is 26.5. The number of pyridine rings is 1. The smallest absolute Gasteiger partial charge is 0.326 e. The highest BCUT2D eigenvalue weighted by Crippen LogP contribution is 2.06. The number of rotatable bonds is 6. The van der Waals surface area contributed by atoms with Crippen molar-refractivity contribution < 1.29 is 23.1 Å². The highest BCUT2D eigenvalue weighted by molar-refractivity contribution is 7.90. The molecule has 7 nitrogen and oxygen atoms in total. The molecule has 0 radical (unpaired) electrons. The van der Waals surface area contributed by atoms with E-state index in [2.05, 4.69) is 10.3 Å². The molecule has 0 aliphatic carbocycles. The SMILES string of the molecule is CS(=O)(=O)CCC(NC(=O)c1cccc(Cl)n1)C(=O)O. The summed E-state index contributed by atoms with van der Waals surface area (Å²) in [6, 6.07) is 3.03. The molecule has 20 heavy (non-hydrogen) atoms. The molecular weight excluding hydrogens is 308 g/mol. The number of hydrogen-bond acceptors (Lipinski definition) is 5. The van der Waals surface area contributed by atoms with Gasteiger partial charge in [-0.1, -0.05) is 17.7 Å². The minimum atomic E-state index is -3.31. The number of carboxylic acid groups (broad SMARTS) is 1. The summed E-state index contributed by atoms with van der Waals surface area (Å²) in [5.41, 5.74) is -0.0388. The number of amides is 1. The summed E-state index contributed by atoms with van der Waals surface area (Å²) >= 11 is 5.62.